The predicted molar refractivity (Wildman–Crippen MR) is 39.8 cm³/mol. The standard InChI is InChI=1S/2CH3.2Cu.3H2N.H3P/h2*1H3;;;3*1H2;1H3/q2*-1;;+2;3*-1;. The Morgan fingerprint density at radius 3 is 0.625 bits per heavy atom. The van der Waals surface area contributed by atoms with Crippen LogP contribution >= 0.6 is 9.90 Å². The Balaban J connectivity index is 0. The largest absolute Gasteiger partial charge is 2.00 e. The molecule has 2 radical (unpaired) electrons. The van der Waals surface area contributed by atoms with Crippen molar-refractivity contribution in [1.29, 1.82) is 0 Å². The minimum atomic E-state index is 0. The van der Waals surface area contributed by atoms with Crippen LogP contribution in [0.1, 0.15) is 0 Å². The monoisotopic (exact) mass is 238 g/mol. The van der Waals surface area contributed by atoms with E-state index in [-0.39, 0.29) is 77.3 Å². The van der Waals surface area contributed by atoms with Crippen LogP contribution < -0.4 is 0 Å². The van der Waals surface area contributed by atoms with Crippen LogP contribution in [0.4, 0.5) is 0 Å². The van der Waals surface area contributed by atoms with Crippen molar-refractivity contribution in [1.82, 2.24) is 0 Å². The summed E-state index contributed by atoms with van der Waals surface area (Å²) in [4.78, 5) is 0. The van der Waals surface area contributed by atoms with Crippen molar-refractivity contribution >= 4 is 9.90 Å². The summed E-state index contributed by atoms with van der Waals surface area (Å²) in [5.74, 6) is 0. The third-order valence-corrected chi connectivity index (χ3v) is 0. The molecule has 0 rings (SSSR count). The van der Waals surface area contributed by atoms with Crippen molar-refractivity contribution in [2.75, 3.05) is 0 Å². The summed E-state index contributed by atoms with van der Waals surface area (Å²) in [7, 11) is 0. The number of hydrogen-bond acceptors (Lipinski definition) is 0. The maximum absolute atomic E-state index is 0. The molecule has 0 aliphatic heterocycles. The average Bonchev–Trinajstić information content (AvgIpc) is 0. The summed E-state index contributed by atoms with van der Waals surface area (Å²) in [5.41, 5.74) is 0. The fraction of sp³-hybridized carbons (Fsp3) is 0. The van der Waals surface area contributed by atoms with Crippen LogP contribution in [-0.2, 0) is 34.1 Å². The Labute approximate surface area is 77.5 Å². The average molecular weight is 239 g/mol. The fourth-order valence-corrected chi connectivity index (χ4v) is 0. The van der Waals surface area contributed by atoms with Gasteiger partial charge in [-0.2, -0.15) is 9.90 Å². The van der Waals surface area contributed by atoms with Crippen molar-refractivity contribution in [2.45, 2.75) is 0 Å². The van der Waals surface area contributed by atoms with Crippen molar-refractivity contribution in [3.8, 4) is 0 Å². The minimum absolute atomic E-state index is 0. The van der Waals surface area contributed by atoms with Crippen LogP contribution in [0, 0.1) is 14.9 Å². The van der Waals surface area contributed by atoms with E-state index >= 15 is 0 Å². The molecule has 1 unspecified atom stereocenters. The van der Waals surface area contributed by atoms with Gasteiger partial charge in [0.25, 0.3) is 0 Å². The first-order valence-corrected chi connectivity index (χ1v) is 0. The molecule has 6 heteroatoms. The first-order valence-electron chi connectivity index (χ1n) is 0. The second kappa shape index (κ2) is 248. The van der Waals surface area contributed by atoms with E-state index in [2.05, 4.69) is 0 Å². The predicted octanol–water partition coefficient (Wildman–Crippen LogP) is 3.10. The Hall–Kier alpha value is 1.35. The smallest absolute Gasteiger partial charge is 0.693 e. The summed E-state index contributed by atoms with van der Waals surface area (Å²) in [6.45, 7) is 0. The molecule has 1 atom stereocenters. The van der Waals surface area contributed by atoms with Crippen LogP contribution in [0.15, 0.2) is 0 Å². The molecule has 3 nitrogen and oxygen atoms in total. The van der Waals surface area contributed by atoms with E-state index in [1.54, 1.807) is 0 Å². The normalized spacial score (nSPS) is 0. The maximum atomic E-state index is 0. The third kappa shape index (κ3) is 163. The minimum Gasteiger partial charge on any atom is -0.693 e. The molecule has 0 aliphatic carbocycles. The van der Waals surface area contributed by atoms with Gasteiger partial charge in [0.1, 0.15) is 0 Å². The number of hydrogen-bond donors (Lipinski definition) is 0. The molecule has 68 valence electrons. The molecule has 0 amide bonds. The van der Waals surface area contributed by atoms with E-state index in [1.807, 2.05) is 0 Å². The Morgan fingerprint density at radius 1 is 0.625 bits per heavy atom. The fourth-order valence-electron chi connectivity index (χ4n) is 0. The van der Waals surface area contributed by atoms with Crippen LogP contribution in [0.25, 0.3) is 18.5 Å². The number of nitrogens with two attached hydrogens (primary N) is 3. The molecule has 0 saturated carbocycles. The van der Waals surface area contributed by atoms with Gasteiger partial charge in [0, 0.05) is 17.1 Å². The molecule has 0 fully saturated rings. The second-order valence-electron chi connectivity index (χ2n) is 0. The second-order valence-corrected chi connectivity index (χ2v) is 0. The first kappa shape index (κ1) is 358. The molecule has 0 bridgehead atoms. The molecule has 0 aliphatic rings. The molecule has 0 aromatic carbocycles. The van der Waals surface area contributed by atoms with Crippen LogP contribution in [-0.4, -0.2) is 0 Å². The van der Waals surface area contributed by atoms with Gasteiger partial charge in [-0.3, -0.25) is 0 Å². The van der Waals surface area contributed by atoms with Gasteiger partial charge in [-0.25, -0.2) is 0 Å². The maximum Gasteiger partial charge on any atom is 2.00 e. The van der Waals surface area contributed by atoms with Gasteiger partial charge >= 0.3 is 17.1 Å². The van der Waals surface area contributed by atoms with Crippen molar-refractivity contribution in [3.05, 3.63) is 33.3 Å². The van der Waals surface area contributed by atoms with E-state index in [4.69, 9.17) is 0 Å². The van der Waals surface area contributed by atoms with Gasteiger partial charge in [0.2, 0.25) is 0 Å². The molecule has 0 aromatic rings. The van der Waals surface area contributed by atoms with Crippen molar-refractivity contribution in [2.24, 2.45) is 0 Å². The van der Waals surface area contributed by atoms with Crippen LogP contribution in [0.3, 0.4) is 0 Å². The molecule has 6 N–H and O–H groups in total. The van der Waals surface area contributed by atoms with Gasteiger partial charge in [-0.1, -0.05) is 0 Å². The zero-order valence-electron chi connectivity index (χ0n) is 5.04. The zero-order valence-corrected chi connectivity index (χ0v) is 8.34. The van der Waals surface area contributed by atoms with Gasteiger partial charge < -0.3 is 33.3 Å². The van der Waals surface area contributed by atoms with Gasteiger partial charge in [-0.15, -0.1) is 0 Å². The van der Waals surface area contributed by atoms with Crippen LogP contribution in [0.2, 0.25) is 0 Å². The Kier molecular flexibility index (Phi) is 11100. The molecular formula is C2H15Cu2N3P-3. The first-order chi connectivity index (χ1) is 0. The van der Waals surface area contributed by atoms with E-state index in [1.165, 1.54) is 0 Å². The summed E-state index contributed by atoms with van der Waals surface area (Å²) in [5, 5.41) is 0. The summed E-state index contributed by atoms with van der Waals surface area (Å²) in [6.07, 6.45) is 0. The van der Waals surface area contributed by atoms with E-state index in [0.29, 0.717) is 0 Å². The van der Waals surface area contributed by atoms with E-state index in [9.17, 15) is 0 Å². The topological polar surface area (TPSA) is 100 Å². The van der Waals surface area contributed by atoms with Gasteiger partial charge in [0.15, 0.2) is 0 Å². The van der Waals surface area contributed by atoms with Crippen molar-refractivity contribution < 1.29 is 34.1 Å². The quantitative estimate of drug-likeness (QED) is 0.352. The molecule has 0 aromatic heterocycles. The van der Waals surface area contributed by atoms with Gasteiger partial charge in [0.05, 0.1) is 0 Å². The molecule has 0 heterocycles. The third-order valence-electron chi connectivity index (χ3n) is 0. The SMILES string of the molecule is P.[CH3-].[CH3-].[Cu+2].[Cu].[NH2-].[NH2-].[NH2-]. The van der Waals surface area contributed by atoms with Crippen LogP contribution in [0.5, 0.6) is 0 Å². The summed E-state index contributed by atoms with van der Waals surface area (Å²) < 4.78 is 0. The molecular weight excluding hydrogens is 224 g/mol. The Bertz CT molecular complexity index is 15.2. The summed E-state index contributed by atoms with van der Waals surface area (Å²) in [6, 6.07) is 0. The molecule has 0 spiro atoms. The molecule has 8 heavy (non-hydrogen) atoms. The Morgan fingerprint density at radius 2 is 0.625 bits per heavy atom. The van der Waals surface area contributed by atoms with E-state index < -0.39 is 0 Å². The van der Waals surface area contributed by atoms with E-state index in [0.717, 1.165) is 0 Å². The van der Waals surface area contributed by atoms with Crippen molar-refractivity contribution in [3.63, 3.8) is 0 Å². The molecule has 0 saturated heterocycles. The van der Waals surface area contributed by atoms with Gasteiger partial charge in [-0.05, 0) is 0 Å². The number of rotatable bonds is 0. The zero-order chi connectivity index (χ0) is 0. The summed E-state index contributed by atoms with van der Waals surface area (Å²) >= 11 is 0.